The number of urea groups is 1. The molecule has 2 amide bonds. The van der Waals surface area contributed by atoms with E-state index in [1.165, 1.54) is 0 Å². The number of carbonyl (C=O) groups excluding carboxylic acids is 2. The normalized spacial score (nSPS) is 22.9. The second-order valence-electron chi connectivity index (χ2n) is 6.23. The van der Waals surface area contributed by atoms with Gasteiger partial charge in [-0.1, -0.05) is 36.8 Å². The summed E-state index contributed by atoms with van der Waals surface area (Å²) in [7, 11) is 0. The lowest BCUT2D eigenvalue weighted by Crippen LogP contribution is -2.46. The standard InChI is InChI=1S/C17H22N2O3/c18-16(21)19-11-4-8-14(19)12-22-15(20)17(9-5-10-17)13-6-2-1-3-7-13/h1-3,6-7,14H,4-5,8-12H2,(H2,18,21)/t14-/m1/s1. The molecule has 0 radical (unpaired) electrons. The topological polar surface area (TPSA) is 72.6 Å². The maximum absolute atomic E-state index is 12.6. The summed E-state index contributed by atoms with van der Waals surface area (Å²) in [6.45, 7) is 0.901. The van der Waals surface area contributed by atoms with Crippen molar-refractivity contribution in [2.75, 3.05) is 13.2 Å². The molecule has 1 aliphatic heterocycles. The van der Waals surface area contributed by atoms with E-state index in [0.29, 0.717) is 6.54 Å². The van der Waals surface area contributed by atoms with Crippen LogP contribution in [0.15, 0.2) is 30.3 Å². The van der Waals surface area contributed by atoms with E-state index in [-0.39, 0.29) is 18.6 Å². The van der Waals surface area contributed by atoms with Gasteiger partial charge in [-0.3, -0.25) is 4.79 Å². The molecule has 1 heterocycles. The first-order valence-electron chi connectivity index (χ1n) is 7.92. The van der Waals surface area contributed by atoms with Gasteiger partial charge in [-0.15, -0.1) is 0 Å². The summed E-state index contributed by atoms with van der Waals surface area (Å²) in [5.41, 5.74) is 5.90. The maximum Gasteiger partial charge on any atom is 0.316 e. The van der Waals surface area contributed by atoms with Crippen molar-refractivity contribution in [2.24, 2.45) is 5.73 Å². The smallest absolute Gasteiger partial charge is 0.316 e. The maximum atomic E-state index is 12.6. The molecule has 5 nitrogen and oxygen atoms in total. The third kappa shape index (κ3) is 2.56. The van der Waals surface area contributed by atoms with Crippen molar-refractivity contribution in [3.05, 3.63) is 35.9 Å². The summed E-state index contributed by atoms with van der Waals surface area (Å²) in [5.74, 6) is -0.165. The number of nitrogens with two attached hydrogens (primary N) is 1. The lowest BCUT2D eigenvalue weighted by Gasteiger charge is -2.40. The fraction of sp³-hybridized carbons (Fsp3) is 0.529. The number of carbonyl (C=O) groups is 2. The molecule has 5 heteroatoms. The zero-order valence-corrected chi connectivity index (χ0v) is 12.7. The van der Waals surface area contributed by atoms with Crippen molar-refractivity contribution in [1.29, 1.82) is 0 Å². The highest BCUT2D eigenvalue weighted by Crippen LogP contribution is 2.44. The van der Waals surface area contributed by atoms with E-state index in [9.17, 15) is 9.59 Å². The first kappa shape index (κ1) is 14.9. The minimum Gasteiger partial charge on any atom is -0.463 e. The van der Waals surface area contributed by atoms with Crippen LogP contribution < -0.4 is 5.73 Å². The van der Waals surface area contributed by atoms with Crippen LogP contribution in [-0.4, -0.2) is 36.1 Å². The number of amides is 2. The summed E-state index contributed by atoms with van der Waals surface area (Å²) >= 11 is 0. The van der Waals surface area contributed by atoms with Gasteiger partial charge in [0.25, 0.3) is 0 Å². The van der Waals surface area contributed by atoms with Gasteiger partial charge in [0.05, 0.1) is 11.5 Å². The molecule has 0 bridgehead atoms. The number of benzene rings is 1. The lowest BCUT2D eigenvalue weighted by atomic mass is 9.64. The Bertz CT molecular complexity index is 554. The summed E-state index contributed by atoms with van der Waals surface area (Å²) in [6, 6.07) is 9.33. The van der Waals surface area contributed by atoms with Crippen LogP contribution in [0.25, 0.3) is 0 Å². The monoisotopic (exact) mass is 302 g/mol. The molecular formula is C17H22N2O3. The van der Waals surface area contributed by atoms with Crippen molar-refractivity contribution >= 4 is 12.0 Å². The number of hydrogen-bond acceptors (Lipinski definition) is 3. The van der Waals surface area contributed by atoms with Gasteiger partial charge in [0.15, 0.2) is 0 Å². The average Bonchev–Trinajstić information content (AvgIpc) is 2.94. The Morgan fingerprint density at radius 3 is 2.55 bits per heavy atom. The molecule has 2 N–H and O–H groups in total. The zero-order chi connectivity index (χ0) is 15.6. The van der Waals surface area contributed by atoms with Gasteiger partial charge in [-0.2, -0.15) is 0 Å². The Balaban J connectivity index is 1.65. The van der Waals surface area contributed by atoms with Crippen LogP contribution in [0.3, 0.4) is 0 Å². The van der Waals surface area contributed by atoms with Crippen molar-refractivity contribution < 1.29 is 14.3 Å². The van der Waals surface area contributed by atoms with Gasteiger partial charge < -0.3 is 15.4 Å². The van der Waals surface area contributed by atoms with Crippen LogP contribution in [0, 0.1) is 0 Å². The molecule has 2 aliphatic rings. The molecular weight excluding hydrogens is 280 g/mol. The fourth-order valence-electron chi connectivity index (χ4n) is 3.51. The molecule has 3 rings (SSSR count). The first-order chi connectivity index (χ1) is 10.6. The number of esters is 1. The fourth-order valence-corrected chi connectivity index (χ4v) is 3.51. The molecule has 2 fully saturated rings. The number of ether oxygens (including phenoxy) is 1. The van der Waals surface area contributed by atoms with E-state index < -0.39 is 11.4 Å². The van der Waals surface area contributed by atoms with Crippen LogP contribution in [0.2, 0.25) is 0 Å². The van der Waals surface area contributed by atoms with E-state index in [1.807, 2.05) is 30.3 Å². The van der Waals surface area contributed by atoms with Crippen molar-refractivity contribution in [2.45, 2.75) is 43.6 Å². The van der Waals surface area contributed by atoms with Gasteiger partial charge in [0.2, 0.25) is 0 Å². The van der Waals surface area contributed by atoms with Crippen LogP contribution in [0.4, 0.5) is 4.79 Å². The van der Waals surface area contributed by atoms with Crippen LogP contribution in [-0.2, 0) is 14.9 Å². The second kappa shape index (κ2) is 5.99. The predicted molar refractivity (Wildman–Crippen MR) is 82.2 cm³/mol. The molecule has 1 atom stereocenters. The van der Waals surface area contributed by atoms with Crippen LogP contribution >= 0.6 is 0 Å². The van der Waals surface area contributed by atoms with E-state index >= 15 is 0 Å². The molecule has 1 aromatic rings. The third-order valence-corrected chi connectivity index (χ3v) is 4.99. The van der Waals surface area contributed by atoms with Crippen LogP contribution in [0.5, 0.6) is 0 Å². The Kier molecular flexibility index (Phi) is 4.05. The summed E-state index contributed by atoms with van der Waals surface area (Å²) < 4.78 is 5.58. The third-order valence-electron chi connectivity index (χ3n) is 4.99. The Hall–Kier alpha value is -2.04. The van der Waals surface area contributed by atoms with E-state index in [1.54, 1.807) is 4.90 Å². The lowest BCUT2D eigenvalue weighted by molar-refractivity contribution is -0.155. The molecule has 0 unspecified atom stereocenters. The highest BCUT2D eigenvalue weighted by molar-refractivity contribution is 5.84. The molecule has 118 valence electrons. The van der Waals surface area contributed by atoms with Gasteiger partial charge in [0, 0.05) is 6.54 Å². The number of likely N-dealkylation sites (tertiary alicyclic amines) is 1. The molecule has 0 aromatic heterocycles. The van der Waals surface area contributed by atoms with Gasteiger partial charge in [0.1, 0.15) is 6.61 Å². The van der Waals surface area contributed by atoms with Gasteiger partial charge in [-0.05, 0) is 31.2 Å². The number of nitrogens with zero attached hydrogens (tertiary/aromatic N) is 1. The molecule has 1 saturated carbocycles. The van der Waals surface area contributed by atoms with Crippen molar-refractivity contribution in [1.82, 2.24) is 4.90 Å². The Labute approximate surface area is 130 Å². The average molecular weight is 302 g/mol. The predicted octanol–water partition coefficient (Wildman–Crippen LogP) is 2.19. The highest BCUT2D eigenvalue weighted by atomic mass is 16.5. The molecule has 0 spiro atoms. The molecule has 1 saturated heterocycles. The van der Waals surface area contributed by atoms with E-state index in [2.05, 4.69) is 0 Å². The SMILES string of the molecule is NC(=O)N1CCC[C@@H]1COC(=O)C1(c2ccccc2)CCC1. The number of hydrogen-bond donors (Lipinski definition) is 1. The number of primary amides is 1. The second-order valence-corrected chi connectivity index (χ2v) is 6.23. The number of rotatable bonds is 4. The Morgan fingerprint density at radius 1 is 1.23 bits per heavy atom. The summed E-state index contributed by atoms with van der Waals surface area (Å²) in [6.07, 6.45) is 4.46. The van der Waals surface area contributed by atoms with Crippen molar-refractivity contribution in [3.63, 3.8) is 0 Å². The van der Waals surface area contributed by atoms with Gasteiger partial charge >= 0.3 is 12.0 Å². The largest absolute Gasteiger partial charge is 0.463 e. The Morgan fingerprint density at radius 2 is 1.95 bits per heavy atom. The van der Waals surface area contributed by atoms with Gasteiger partial charge in [-0.25, -0.2) is 4.79 Å². The van der Waals surface area contributed by atoms with E-state index in [4.69, 9.17) is 10.5 Å². The van der Waals surface area contributed by atoms with Crippen molar-refractivity contribution in [3.8, 4) is 0 Å². The summed E-state index contributed by atoms with van der Waals surface area (Å²) in [4.78, 5) is 25.6. The molecule has 22 heavy (non-hydrogen) atoms. The molecule has 1 aromatic carbocycles. The quantitative estimate of drug-likeness (QED) is 0.867. The van der Waals surface area contributed by atoms with E-state index in [0.717, 1.165) is 37.7 Å². The highest BCUT2D eigenvalue weighted by Gasteiger charge is 2.47. The minimum atomic E-state index is -0.489. The zero-order valence-electron chi connectivity index (χ0n) is 12.7. The molecule has 1 aliphatic carbocycles. The summed E-state index contributed by atoms with van der Waals surface area (Å²) in [5, 5.41) is 0. The van der Waals surface area contributed by atoms with Crippen LogP contribution in [0.1, 0.15) is 37.7 Å². The first-order valence-corrected chi connectivity index (χ1v) is 7.92. The minimum absolute atomic E-state index is 0.0747.